The van der Waals surface area contributed by atoms with Crippen LogP contribution in [0.5, 0.6) is 0 Å². The summed E-state index contributed by atoms with van der Waals surface area (Å²) in [6.07, 6.45) is 0. The Balaban J connectivity index is 3.79. The van der Waals surface area contributed by atoms with Crippen molar-refractivity contribution in [3.63, 3.8) is 0 Å². The Morgan fingerprint density at radius 2 is 1.36 bits per heavy atom. The molecule has 0 aromatic rings. The summed E-state index contributed by atoms with van der Waals surface area (Å²) < 4.78 is 44.5. The Bertz CT molecular complexity index is 263. The molecule has 0 amide bonds. The molecule has 11 heavy (non-hydrogen) atoms. The second-order valence-electron chi connectivity index (χ2n) is 1.21. The third-order valence-corrected chi connectivity index (χ3v) is 1.76. The molecule has 0 aliphatic carbocycles. The van der Waals surface area contributed by atoms with Gasteiger partial charge in [0.25, 0.3) is 18.1 Å². The van der Waals surface area contributed by atoms with Gasteiger partial charge in [-0.2, -0.15) is 8.42 Å². The molecule has 6 nitrogen and oxygen atoms in total. The Hall–Kier alpha value is 0.580. The van der Waals surface area contributed by atoms with Crippen LogP contribution >= 0.6 is 0 Å². The minimum absolute atomic E-state index is 0.891. The van der Waals surface area contributed by atoms with Crippen LogP contribution in [0.1, 0.15) is 0 Å². The quantitative estimate of drug-likeness (QED) is 0.620. The van der Waals surface area contributed by atoms with Crippen LogP contribution < -0.4 is 0 Å². The molecule has 2 unspecified atom stereocenters. The molecular weight excluding hydrogens is 236 g/mol. The van der Waals surface area contributed by atoms with Crippen molar-refractivity contribution in [2.75, 3.05) is 6.79 Å². The zero-order valence-corrected chi connectivity index (χ0v) is 8.13. The van der Waals surface area contributed by atoms with E-state index in [9.17, 15) is 8.42 Å². The van der Waals surface area contributed by atoms with Crippen LogP contribution in [-0.2, 0) is 48.8 Å². The van der Waals surface area contributed by atoms with Crippen LogP contribution in [-0.4, -0.2) is 24.3 Å². The highest BCUT2D eigenvalue weighted by atomic mass is 32.9. The van der Waals surface area contributed by atoms with Crippen LogP contribution in [0.4, 0.5) is 0 Å². The van der Waals surface area contributed by atoms with E-state index in [2.05, 4.69) is 30.7 Å². The molecular formula is CH4O6S4. The van der Waals surface area contributed by atoms with Gasteiger partial charge in [0, 0.05) is 22.4 Å². The fraction of sp³-hybridized carbons (Fsp3) is 1.00. The molecule has 0 spiro atoms. The zero-order valence-electron chi connectivity index (χ0n) is 4.87. The van der Waals surface area contributed by atoms with Gasteiger partial charge in [-0.3, -0.25) is 9.11 Å². The maximum absolute atomic E-state index is 10.1. The number of rotatable bonds is 4. The highest BCUT2D eigenvalue weighted by molar-refractivity contribution is 8.27. The Morgan fingerprint density at radius 1 is 1.09 bits per heavy atom. The molecule has 68 valence electrons. The van der Waals surface area contributed by atoms with E-state index in [1.165, 1.54) is 0 Å². The van der Waals surface area contributed by atoms with Gasteiger partial charge < -0.3 is 0 Å². The SMILES string of the molecule is O=S(O)(=S)OCOS(=O)(O)=S. The predicted octanol–water partition coefficient (Wildman–Crippen LogP) is -0.754. The van der Waals surface area contributed by atoms with Gasteiger partial charge in [0.05, 0.1) is 0 Å². The normalized spacial score (nSPS) is 22.0. The van der Waals surface area contributed by atoms with Crippen molar-refractivity contribution in [1.82, 2.24) is 0 Å². The van der Waals surface area contributed by atoms with E-state index in [1.807, 2.05) is 0 Å². The van der Waals surface area contributed by atoms with Gasteiger partial charge >= 0.3 is 0 Å². The molecule has 0 rings (SSSR count). The maximum atomic E-state index is 10.1. The molecule has 0 aliphatic rings. The first-order valence-electron chi connectivity index (χ1n) is 1.94. The van der Waals surface area contributed by atoms with E-state index in [1.54, 1.807) is 0 Å². The number of hydrogen-bond acceptors (Lipinski definition) is 6. The average molecular weight is 240 g/mol. The molecule has 0 radical (unpaired) electrons. The molecule has 0 aromatic heterocycles. The van der Waals surface area contributed by atoms with E-state index >= 15 is 0 Å². The first-order valence-corrected chi connectivity index (χ1v) is 6.67. The van der Waals surface area contributed by atoms with Crippen molar-refractivity contribution >= 4 is 40.5 Å². The lowest BCUT2D eigenvalue weighted by Crippen LogP contribution is -2.10. The topological polar surface area (TPSA) is 93.1 Å². The van der Waals surface area contributed by atoms with Crippen LogP contribution in [0, 0.1) is 0 Å². The summed E-state index contributed by atoms with van der Waals surface area (Å²) in [5.74, 6) is 0. The number of hydrogen-bond donors (Lipinski definition) is 2. The van der Waals surface area contributed by atoms with E-state index in [0.717, 1.165) is 0 Å². The van der Waals surface area contributed by atoms with Crippen molar-refractivity contribution in [2.45, 2.75) is 0 Å². The van der Waals surface area contributed by atoms with Crippen molar-refractivity contribution in [2.24, 2.45) is 0 Å². The molecule has 0 aromatic carbocycles. The molecule has 0 saturated carbocycles. The highest BCUT2D eigenvalue weighted by Gasteiger charge is 2.03. The lowest BCUT2D eigenvalue weighted by Gasteiger charge is -2.00. The monoisotopic (exact) mass is 240 g/mol. The molecule has 2 N–H and O–H groups in total. The van der Waals surface area contributed by atoms with Gasteiger partial charge in [-0.25, -0.2) is 8.37 Å². The fourth-order valence-electron chi connectivity index (χ4n) is 0.141. The van der Waals surface area contributed by atoms with E-state index in [0.29, 0.717) is 0 Å². The van der Waals surface area contributed by atoms with Gasteiger partial charge in [0.1, 0.15) is 0 Å². The Morgan fingerprint density at radius 3 is 1.55 bits per heavy atom. The zero-order chi connectivity index (χ0) is 9.12. The molecule has 0 saturated heterocycles. The lowest BCUT2D eigenvalue weighted by molar-refractivity contribution is 0.125. The van der Waals surface area contributed by atoms with E-state index < -0.39 is 24.9 Å². The second-order valence-corrected chi connectivity index (χ2v) is 5.92. The summed E-state index contributed by atoms with van der Waals surface area (Å²) >= 11 is 7.69. The third-order valence-electron chi connectivity index (χ3n) is 0.394. The first kappa shape index (κ1) is 11.6. The summed E-state index contributed by atoms with van der Waals surface area (Å²) in [6, 6.07) is 0. The van der Waals surface area contributed by atoms with Crippen molar-refractivity contribution in [3.05, 3.63) is 0 Å². The first-order chi connectivity index (χ1) is 4.71. The molecule has 2 atom stereocenters. The van der Waals surface area contributed by atoms with Crippen LogP contribution in [0.3, 0.4) is 0 Å². The average Bonchev–Trinajstić information content (AvgIpc) is 1.55. The van der Waals surface area contributed by atoms with E-state index in [4.69, 9.17) is 9.11 Å². The van der Waals surface area contributed by atoms with Crippen LogP contribution in [0.2, 0.25) is 0 Å². The van der Waals surface area contributed by atoms with Gasteiger partial charge in [0.15, 0.2) is 6.79 Å². The van der Waals surface area contributed by atoms with Crippen LogP contribution in [0.25, 0.3) is 0 Å². The standard InChI is InChI=1S/CH4O6S4/c2-10(3,8)6-1-7-11(4,5)9/h1H2,(H,2,3,8)(H,4,5,9). The highest BCUT2D eigenvalue weighted by Crippen LogP contribution is 1.91. The minimum Gasteiger partial charge on any atom is -0.285 e. The largest absolute Gasteiger partial charge is 0.285 e. The maximum Gasteiger partial charge on any atom is 0.268 e. The van der Waals surface area contributed by atoms with E-state index in [-0.39, 0.29) is 0 Å². The summed E-state index contributed by atoms with van der Waals surface area (Å²) in [5, 5.41) is 0. The second kappa shape index (κ2) is 4.00. The minimum atomic E-state index is -3.82. The third kappa shape index (κ3) is 10.6. The van der Waals surface area contributed by atoms with Crippen molar-refractivity contribution < 1.29 is 25.9 Å². The molecule has 0 aliphatic heterocycles. The Kier molecular flexibility index (Phi) is 4.21. The molecule has 0 bridgehead atoms. The summed E-state index contributed by atoms with van der Waals surface area (Å²) in [5.41, 5.74) is 0. The lowest BCUT2D eigenvalue weighted by atomic mass is 11.6. The van der Waals surface area contributed by atoms with Crippen LogP contribution in [0.15, 0.2) is 0 Å². The summed E-state index contributed by atoms with van der Waals surface area (Å²) in [6.45, 7) is -0.891. The smallest absolute Gasteiger partial charge is 0.268 e. The predicted molar refractivity (Wildman–Crippen MR) is 43.3 cm³/mol. The molecule has 0 fully saturated rings. The summed E-state index contributed by atoms with van der Waals surface area (Å²) in [4.78, 5) is 0. The van der Waals surface area contributed by atoms with Crippen molar-refractivity contribution in [1.29, 1.82) is 0 Å². The van der Waals surface area contributed by atoms with Gasteiger partial charge in [-0.05, 0) is 0 Å². The molecule has 0 heterocycles. The Labute approximate surface area is 73.3 Å². The van der Waals surface area contributed by atoms with Crippen molar-refractivity contribution in [3.8, 4) is 0 Å². The van der Waals surface area contributed by atoms with Gasteiger partial charge in [0.2, 0.25) is 0 Å². The molecule has 10 heteroatoms. The fourth-order valence-corrected chi connectivity index (χ4v) is 0.777. The van der Waals surface area contributed by atoms with Gasteiger partial charge in [-0.15, -0.1) is 0 Å². The summed E-state index contributed by atoms with van der Waals surface area (Å²) in [7, 11) is -7.64. The van der Waals surface area contributed by atoms with Gasteiger partial charge in [-0.1, -0.05) is 0 Å².